The zero-order valence-electron chi connectivity index (χ0n) is 14.8. The van der Waals surface area contributed by atoms with Gasteiger partial charge in [0.15, 0.2) is 0 Å². The summed E-state index contributed by atoms with van der Waals surface area (Å²) in [6, 6.07) is 1.10. The maximum Gasteiger partial charge on any atom is 0.420 e. The second-order valence-electron chi connectivity index (χ2n) is 7.31. The molecule has 0 spiro atoms. The van der Waals surface area contributed by atoms with Crippen LogP contribution >= 0.6 is 0 Å². The first-order valence-corrected chi connectivity index (χ1v) is 8.19. The number of hydrogen-bond acceptors (Lipinski definition) is 4. The maximum atomic E-state index is 13.3. The van der Waals surface area contributed by atoms with Gasteiger partial charge in [-0.2, -0.15) is 13.2 Å². The number of likely N-dealkylation sites (N-methyl/N-ethyl adjacent to an activating group) is 1. The molecule has 7 heteroatoms. The molecule has 1 aliphatic heterocycles. The fourth-order valence-corrected chi connectivity index (χ4v) is 2.55. The van der Waals surface area contributed by atoms with Crippen LogP contribution in [0, 0.1) is 0 Å². The van der Waals surface area contributed by atoms with Crippen molar-refractivity contribution in [2.24, 2.45) is 0 Å². The number of alkyl halides is 3. The SMILES string of the molecule is CN1CCN(CCOc2cnc(C(C)(C)C)cc2C(F)(F)F)CC1. The number of aromatic nitrogens is 1. The first kappa shape index (κ1) is 19.0. The van der Waals surface area contributed by atoms with Crippen molar-refractivity contribution in [2.45, 2.75) is 32.4 Å². The van der Waals surface area contributed by atoms with Gasteiger partial charge >= 0.3 is 6.18 Å². The Morgan fingerprint density at radius 3 is 2.29 bits per heavy atom. The summed E-state index contributed by atoms with van der Waals surface area (Å²) < 4.78 is 45.4. The van der Waals surface area contributed by atoms with E-state index in [9.17, 15) is 13.2 Å². The minimum Gasteiger partial charge on any atom is -0.490 e. The molecule has 0 aromatic carbocycles. The monoisotopic (exact) mass is 345 g/mol. The molecule has 1 saturated heterocycles. The van der Waals surface area contributed by atoms with Crippen molar-refractivity contribution in [3.05, 3.63) is 23.5 Å². The largest absolute Gasteiger partial charge is 0.490 e. The Balaban J connectivity index is 2.04. The van der Waals surface area contributed by atoms with Gasteiger partial charge in [0.1, 0.15) is 17.9 Å². The van der Waals surface area contributed by atoms with Gasteiger partial charge in [-0.15, -0.1) is 0 Å². The van der Waals surface area contributed by atoms with E-state index < -0.39 is 17.2 Å². The lowest BCUT2D eigenvalue weighted by Gasteiger charge is -2.32. The van der Waals surface area contributed by atoms with Crippen LogP contribution in [0.4, 0.5) is 13.2 Å². The van der Waals surface area contributed by atoms with Gasteiger partial charge in [0, 0.05) is 43.8 Å². The molecule has 24 heavy (non-hydrogen) atoms. The zero-order valence-corrected chi connectivity index (χ0v) is 14.8. The molecule has 4 nitrogen and oxygen atoms in total. The summed E-state index contributed by atoms with van der Waals surface area (Å²) in [6.45, 7) is 10.1. The fourth-order valence-electron chi connectivity index (χ4n) is 2.55. The van der Waals surface area contributed by atoms with Crippen LogP contribution in [0.5, 0.6) is 5.75 Å². The van der Waals surface area contributed by atoms with Gasteiger partial charge in [0.05, 0.1) is 6.20 Å². The van der Waals surface area contributed by atoms with Crippen LogP contribution < -0.4 is 4.74 Å². The van der Waals surface area contributed by atoms with Crippen molar-refractivity contribution in [2.75, 3.05) is 46.4 Å². The van der Waals surface area contributed by atoms with E-state index in [-0.39, 0.29) is 12.4 Å². The molecule has 2 rings (SSSR count). The summed E-state index contributed by atoms with van der Waals surface area (Å²) in [4.78, 5) is 8.58. The predicted octanol–water partition coefficient (Wildman–Crippen LogP) is 3.02. The van der Waals surface area contributed by atoms with Crippen LogP contribution in [0.15, 0.2) is 12.3 Å². The summed E-state index contributed by atoms with van der Waals surface area (Å²) >= 11 is 0. The summed E-state index contributed by atoms with van der Waals surface area (Å²) in [5.74, 6) is -0.190. The Morgan fingerprint density at radius 2 is 1.75 bits per heavy atom. The second-order valence-corrected chi connectivity index (χ2v) is 7.31. The Kier molecular flexibility index (Phi) is 5.75. The maximum absolute atomic E-state index is 13.3. The third-order valence-corrected chi connectivity index (χ3v) is 4.20. The number of nitrogens with zero attached hydrogens (tertiary/aromatic N) is 3. The third-order valence-electron chi connectivity index (χ3n) is 4.20. The first-order valence-electron chi connectivity index (χ1n) is 8.19. The smallest absolute Gasteiger partial charge is 0.420 e. The normalized spacial score (nSPS) is 18.0. The topological polar surface area (TPSA) is 28.6 Å². The highest BCUT2D eigenvalue weighted by Crippen LogP contribution is 2.37. The molecule has 0 radical (unpaired) electrons. The van der Waals surface area contributed by atoms with Gasteiger partial charge in [0.2, 0.25) is 0 Å². The van der Waals surface area contributed by atoms with Crippen molar-refractivity contribution in [3.8, 4) is 5.75 Å². The average molecular weight is 345 g/mol. The quantitative estimate of drug-likeness (QED) is 0.839. The van der Waals surface area contributed by atoms with Crippen molar-refractivity contribution in [3.63, 3.8) is 0 Å². The molecular weight excluding hydrogens is 319 g/mol. The molecule has 2 heterocycles. The van der Waals surface area contributed by atoms with E-state index in [1.165, 1.54) is 6.20 Å². The van der Waals surface area contributed by atoms with Crippen molar-refractivity contribution >= 4 is 0 Å². The van der Waals surface area contributed by atoms with E-state index in [0.29, 0.717) is 12.2 Å². The van der Waals surface area contributed by atoms with E-state index in [2.05, 4.69) is 21.8 Å². The first-order chi connectivity index (χ1) is 11.1. The molecule has 0 bridgehead atoms. The van der Waals surface area contributed by atoms with Crippen molar-refractivity contribution < 1.29 is 17.9 Å². The highest BCUT2D eigenvalue weighted by Gasteiger charge is 2.36. The van der Waals surface area contributed by atoms with Gasteiger partial charge in [-0.05, 0) is 13.1 Å². The molecule has 1 aromatic heterocycles. The molecule has 1 aromatic rings. The zero-order chi connectivity index (χ0) is 18.0. The van der Waals surface area contributed by atoms with E-state index >= 15 is 0 Å². The van der Waals surface area contributed by atoms with E-state index in [4.69, 9.17) is 4.74 Å². The van der Waals surface area contributed by atoms with Crippen LogP contribution in [-0.2, 0) is 11.6 Å². The molecule has 0 saturated carbocycles. The molecule has 0 unspecified atom stereocenters. The number of ether oxygens (including phenoxy) is 1. The molecule has 0 aliphatic carbocycles. The van der Waals surface area contributed by atoms with E-state index in [1.54, 1.807) is 0 Å². The van der Waals surface area contributed by atoms with Crippen LogP contribution in [0.2, 0.25) is 0 Å². The third kappa shape index (κ3) is 5.08. The number of pyridine rings is 1. The number of piperazine rings is 1. The van der Waals surface area contributed by atoms with Gasteiger partial charge in [-0.3, -0.25) is 9.88 Å². The van der Waals surface area contributed by atoms with Crippen molar-refractivity contribution in [1.29, 1.82) is 0 Å². The predicted molar refractivity (Wildman–Crippen MR) is 87.4 cm³/mol. The van der Waals surface area contributed by atoms with E-state index in [1.807, 2.05) is 20.8 Å². The number of halogens is 3. The standard InChI is InChI=1S/C17H26F3N3O/c1-16(2,3)15-11-13(17(18,19)20)14(12-21-15)24-10-9-23-7-5-22(4)6-8-23/h11-12H,5-10H2,1-4H3. The molecule has 0 amide bonds. The molecule has 0 atom stereocenters. The van der Waals surface area contributed by atoms with Crippen LogP contribution in [0.3, 0.4) is 0 Å². The molecule has 0 N–H and O–H groups in total. The minimum absolute atomic E-state index is 0.190. The van der Waals surface area contributed by atoms with Crippen molar-refractivity contribution in [1.82, 2.24) is 14.8 Å². The lowest BCUT2D eigenvalue weighted by atomic mass is 9.90. The Bertz CT molecular complexity index is 547. The summed E-state index contributed by atoms with van der Waals surface area (Å²) in [5, 5.41) is 0. The van der Waals surface area contributed by atoms with Crippen LogP contribution in [-0.4, -0.2) is 61.2 Å². The Morgan fingerprint density at radius 1 is 1.12 bits per heavy atom. The lowest BCUT2D eigenvalue weighted by molar-refractivity contribution is -0.139. The van der Waals surface area contributed by atoms with Crippen LogP contribution in [0.1, 0.15) is 32.0 Å². The van der Waals surface area contributed by atoms with Gasteiger partial charge in [0.25, 0.3) is 0 Å². The highest BCUT2D eigenvalue weighted by atomic mass is 19.4. The molecule has 136 valence electrons. The average Bonchev–Trinajstić information content (AvgIpc) is 2.47. The Hall–Kier alpha value is -1.34. The van der Waals surface area contributed by atoms with E-state index in [0.717, 1.165) is 32.2 Å². The van der Waals surface area contributed by atoms with Gasteiger partial charge in [-0.1, -0.05) is 20.8 Å². The number of hydrogen-bond donors (Lipinski definition) is 0. The highest BCUT2D eigenvalue weighted by molar-refractivity contribution is 5.36. The minimum atomic E-state index is -4.45. The molecule has 1 fully saturated rings. The summed E-state index contributed by atoms with van der Waals surface area (Å²) in [7, 11) is 2.06. The molecule has 1 aliphatic rings. The number of rotatable bonds is 4. The fraction of sp³-hybridized carbons (Fsp3) is 0.706. The lowest BCUT2D eigenvalue weighted by Crippen LogP contribution is -2.45. The second kappa shape index (κ2) is 7.27. The van der Waals surface area contributed by atoms with Crippen LogP contribution in [0.25, 0.3) is 0 Å². The molecular formula is C17H26F3N3O. The summed E-state index contributed by atoms with van der Waals surface area (Å²) in [5.41, 5.74) is -0.791. The summed E-state index contributed by atoms with van der Waals surface area (Å²) in [6.07, 6.45) is -3.25. The Labute approximate surface area is 141 Å². The van der Waals surface area contributed by atoms with Gasteiger partial charge in [-0.25, -0.2) is 0 Å². The van der Waals surface area contributed by atoms with Gasteiger partial charge < -0.3 is 9.64 Å².